The van der Waals surface area contributed by atoms with Gasteiger partial charge in [-0.25, -0.2) is 4.98 Å². The summed E-state index contributed by atoms with van der Waals surface area (Å²) in [6, 6.07) is 52.9. The number of thiazole rings is 1. The van der Waals surface area contributed by atoms with Crippen LogP contribution in [0.2, 0.25) is 0 Å². The summed E-state index contributed by atoms with van der Waals surface area (Å²) in [5, 5.41) is 8.73. The highest BCUT2D eigenvalue weighted by molar-refractivity contribution is 7.26. The number of rotatable bonds is 3. The third-order valence-electron chi connectivity index (χ3n) is 9.03. The second-order valence-electron chi connectivity index (χ2n) is 11.6. The van der Waals surface area contributed by atoms with Crippen molar-refractivity contribution < 1.29 is 0 Å². The summed E-state index contributed by atoms with van der Waals surface area (Å²) < 4.78 is 6.24. The molecule has 4 heteroatoms. The topological polar surface area (TPSA) is 17.8 Å². The van der Waals surface area contributed by atoms with Crippen LogP contribution in [0.25, 0.3) is 90.4 Å². The van der Waals surface area contributed by atoms with E-state index >= 15 is 0 Å². The molecule has 45 heavy (non-hydrogen) atoms. The Kier molecular flexibility index (Phi) is 5.35. The van der Waals surface area contributed by atoms with Crippen molar-refractivity contribution in [1.29, 1.82) is 0 Å². The van der Waals surface area contributed by atoms with Crippen LogP contribution in [-0.4, -0.2) is 9.55 Å². The molecule has 210 valence electrons. The van der Waals surface area contributed by atoms with Gasteiger partial charge in [0.15, 0.2) is 0 Å². The Morgan fingerprint density at radius 1 is 0.444 bits per heavy atom. The van der Waals surface area contributed by atoms with Crippen LogP contribution < -0.4 is 0 Å². The molecule has 0 fully saturated rings. The van der Waals surface area contributed by atoms with Crippen LogP contribution in [-0.2, 0) is 0 Å². The number of hydrogen-bond donors (Lipinski definition) is 0. The minimum atomic E-state index is 1.06. The lowest BCUT2D eigenvalue weighted by molar-refractivity contribution is 1.18. The van der Waals surface area contributed by atoms with Gasteiger partial charge in [-0.05, 0) is 70.4 Å². The zero-order valence-corrected chi connectivity index (χ0v) is 25.7. The van der Waals surface area contributed by atoms with Crippen LogP contribution in [0.1, 0.15) is 0 Å². The Labute approximate surface area is 267 Å². The molecule has 10 aromatic rings. The van der Waals surface area contributed by atoms with Crippen molar-refractivity contribution >= 4 is 85.6 Å². The molecule has 2 nitrogen and oxygen atoms in total. The molecule has 0 aliphatic rings. The third-order valence-corrected chi connectivity index (χ3v) is 11.2. The van der Waals surface area contributed by atoms with E-state index in [0.717, 1.165) is 16.1 Å². The van der Waals surface area contributed by atoms with Crippen molar-refractivity contribution in [2.75, 3.05) is 0 Å². The lowest BCUT2D eigenvalue weighted by atomic mass is 10.0. The van der Waals surface area contributed by atoms with E-state index in [2.05, 4.69) is 150 Å². The number of aromatic nitrogens is 2. The lowest BCUT2D eigenvalue weighted by Gasteiger charge is -2.10. The lowest BCUT2D eigenvalue weighted by Crippen LogP contribution is -1.93. The summed E-state index contributed by atoms with van der Waals surface area (Å²) in [7, 11) is 0. The van der Waals surface area contributed by atoms with E-state index in [1.807, 2.05) is 11.3 Å². The number of fused-ring (bicyclic) bond motifs is 9. The molecular formula is C41H24N2S2. The van der Waals surface area contributed by atoms with Gasteiger partial charge in [-0.2, -0.15) is 0 Å². The molecule has 3 aromatic heterocycles. The quantitative estimate of drug-likeness (QED) is 0.195. The van der Waals surface area contributed by atoms with Crippen molar-refractivity contribution in [3.63, 3.8) is 0 Å². The maximum atomic E-state index is 5.17. The van der Waals surface area contributed by atoms with Crippen LogP contribution in [0, 0.1) is 0 Å². The van der Waals surface area contributed by atoms with Gasteiger partial charge < -0.3 is 4.57 Å². The summed E-state index contributed by atoms with van der Waals surface area (Å²) in [6.07, 6.45) is 0. The summed E-state index contributed by atoms with van der Waals surface area (Å²) in [5.74, 6) is 0. The van der Waals surface area contributed by atoms with Crippen molar-refractivity contribution in [2.45, 2.75) is 0 Å². The zero-order chi connectivity index (χ0) is 29.5. The van der Waals surface area contributed by atoms with Crippen molar-refractivity contribution in [3.05, 3.63) is 146 Å². The van der Waals surface area contributed by atoms with E-state index in [1.54, 1.807) is 11.3 Å². The SMILES string of the molecule is c1ccc2cc3c(cc2c1)c1ccccc1n3-c1ccc(-c2ccc(-c3nc4c(ccc5sc6ccccc6c54)s3)cc2)cc1. The molecule has 10 rings (SSSR count). The molecule has 3 heterocycles. The molecule has 0 spiro atoms. The molecule has 0 bridgehead atoms. The Morgan fingerprint density at radius 2 is 1.09 bits per heavy atom. The van der Waals surface area contributed by atoms with Gasteiger partial charge in [0, 0.05) is 42.2 Å². The fourth-order valence-electron chi connectivity index (χ4n) is 6.87. The summed E-state index contributed by atoms with van der Waals surface area (Å²) in [6.45, 7) is 0. The van der Waals surface area contributed by atoms with Gasteiger partial charge >= 0.3 is 0 Å². The van der Waals surface area contributed by atoms with Crippen molar-refractivity contribution in [2.24, 2.45) is 0 Å². The number of benzene rings is 7. The number of hydrogen-bond acceptors (Lipinski definition) is 3. The minimum Gasteiger partial charge on any atom is -0.309 e. The molecule has 0 atom stereocenters. The van der Waals surface area contributed by atoms with Crippen LogP contribution in [0.4, 0.5) is 0 Å². The fourth-order valence-corrected chi connectivity index (χ4v) is 8.95. The molecule has 7 aromatic carbocycles. The second-order valence-corrected chi connectivity index (χ2v) is 13.7. The molecule has 0 amide bonds. The van der Waals surface area contributed by atoms with Gasteiger partial charge in [0.2, 0.25) is 0 Å². The first-order valence-electron chi connectivity index (χ1n) is 15.1. The molecule has 0 saturated heterocycles. The van der Waals surface area contributed by atoms with Crippen LogP contribution >= 0.6 is 22.7 Å². The first-order valence-corrected chi connectivity index (χ1v) is 16.8. The standard InChI is InChI=1S/C41H24N2S2/c1-2-8-29-24-35-33(23-28(29)7-1)31-9-3-5-11-34(31)43(35)30-19-17-26(18-20-30)25-13-15-27(16-14-25)41-42-40-38(45-41)22-21-37-39(40)32-10-4-6-12-36(32)44-37/h1-24H. The van der Waals surface area contributed by atoms with Crippen LogP contribution in [0.15, 0.2) is 146 Å². The normalized spacial score (nSPS) is 12.0. The Morgan fingerprint density at radius 3 is 1.91 bits per heavy atom. The van der Waals surface area contributed by atoms with Crippen LogP contribution in [0.3, 0.4) is 0 Å². The predicted octanol–water partition coefficient (Wildman–Crippen LogP) is 12.2. The van der Waals surface area contributed by atoms with E-state index in [0.29, 0.717) is 0 Å². The Balaban J connectivity index is 1.02. The molecule has 0 aliphatic carbocycles. The zero-order valence-electron chi connectivity index (χ0n) is 24.1. The molecule has 0 saturated carbocycles. The number of para-hydroxylation sites is 1. The molecule has 0 unspecified atom stereocenters. The van der Waals surface area contributed by atoms with Gasteiger partial charge in [0.25, 0.3) is 0 Å². The minimum absolute atomic E-state index is 1.06. The second kappa shape index (κ2) is 9.60. The monoisotopic (exact) mass is 608 g/mol. The molecule has 0 aliphatic heterocycles. The van der Waals surface area contributed by atoms with Gasteiger partial charge in [-0.15, -0.1) is 22.7 Å². The number of thiophene rings is 1. The largest absolute Gasteiger partial charge is 0.309 e. The highest BCUT2D eigenvalue weighted by atomic mass is 32.1. The van der Waals surface area contributed by atoms with Gasteiger partial charge in [0.1, 0.15) is 5.01 Å². The summed E-state index contributed by atoms with van der Waals surface area (Å²) in [5.41, 5.74) is 8.29. The predicted molar refractivity (Wildman–Crippen MR) is 195 cm³/mol. The van der Waals surface area contributed by atoms with Gasteiger partial charge in [-0.1, -0.05) is 97.1 Å². The van der Waals surface area contributed by atoms with Crippen LogP contribution in [0.5, 0.6) is 0 Å². The van der Waals surface area contributed by atoms with Crippen molar-refractivity contribution in [3.8, 4) is 27.4 Å². The van der Waals surface area contributed by atoms with E-state index in [4.69, 9.17) is 4.98 Å². The first kappa shape index (κ1) is 25.1. The number of nitrogens with zero attached hydrogens (tertiary/aromatic N) is 2. The van der Waals surface area contributed by atoms with E-state index in [1.165, 1.54) is 74.3 Å². The summed E-state index contributed by atoms with van der Waals surface area (Å²) >= 11 is 3.62. The molecular weight excluding hydrogens is 585 g/mol. The molecule has 0 radical (unpaired) electrons. The summed E-state index contributed by atoms with van der Waals surface area (Å²) in [4.78, 5) is 5.17. The molecule has 0 N–H and O–H groups in total. The van der Waals surface area contributed by atoms with E-state index in [9.17, 15) is 0 Å². The maximum absolute atomic E-state index is 5.17. The third kappa shape index (κ3) is 3.83. The van der Waals surface area contributed by atoms with E-state index in [-0.39, 0.29) is 0 Å². The average molecular weight is 609 g/mol. The maximum Gasteiger partial charge on any atom is 0.124 e. The highest BCUT2D eigenvalue weighted by Crippen LogP contribution is 2.42. The average Bonchev–Trinajstić information content (AvgIpc) is 3.79. The van der Waals surface area contributed by atoms with Gasteiger partial charge in [-0.3, -0.25) is 0 Å². The first-order chi connectivity index (χ1) is 22.3. The van der Waals surface area contributed by atoms with E-state index < -0.39 is 0 Å². The smallest absolute Gasteiger partial charge is 0.124 e. The Hall–Kier alpha value is -5.29. The Bertz CT molecular complexity index is 2740. The highest BCUT2D eigenvalue weighted by Gasteiger charge is 2.15. The fraction of sp³-hybridized carbons (Fsp3) is 0. The van der Waals surface area contributed by atoms with Crippen molar-refractivity contribution in [1.82, 2.24) is 9.55 Å². The van der Waals surface area contributed by atoms with Gasteiger partial charge in [0.05, 0.1) is 21.3 Å².